The molecule has 5 nitrogen and oxygen atoms in total. The van der Waals surface area contributed by atoms with Gasteiger partial charge in [-0.05, 0) is 31.2 Å². The highest BCUT2D eigenvalue weighted by molar-refractivity contribution is 7.89. The number of aryl methyl sites for hydroxylation is 1. The topological polar surface area (TPSA) is 66.5 Å². The molecule has 0 fully saturated rings. The molecule has 0 heterocycles. The summed E-state index contributed by atoms with van der Waals surface area (Å²) in [5, 5.41) is 3.24. The Morgan fingerprint density at radius 3 is 2.30 bits per heavy atom. The van der Waals surface area contributed by atoms with Crippen LogP contribution >= 0.6 is 23.2 Å². The molecule has 1 N–H and O–H groups in total. The molecule has 2 aromatic rings. The molecule has 144 valence electrons. The molecule has 0 radical (unpaired) electrons. The summed E-state index contributed by atoms with van der Waals surface area (Å²) in [6, 6.07) is 11.3. The van der Waals surface area contributed by atoms with E-state index in [2.05, 4.69) is 11.9 Å². The van der Waals surface area contributed by atoms with Crippen molar-refractivity contribution in [3.05, 3.63) is 76.3 Å². The Balaban J connectivity index is 2.41. The monoisotopic (exact) mass is 426 g/mol. The van der Waals surface area contributed by atoms with Crippen molar-refractivity contribution >= 4 is 39.1 Å². The number of hydrogen-bond acceptors (Lipinski definition) is 3. The van der Waals surface area contributed by atoms with Gasteiger partial charge in [-0.2, -0.15) is 4.31 Å². The first-order chi connectivity index (χ1) is 12.8. The molecule has 0 aromatic heterocycles. The van der Waals surface area contributed by atoms with Crippen LogP contribution in [0, 0.1) is 6.92 Å². The second kappa shape index (κ2) is 9.37. The molecule has 1 amide bonds. The van der Waals surface area contributed by atoms with Crippen LogP contribution in [0.25, 0.3) is 0 Å². The highest BCUT2D eigenvalue weighted by atomic mass is 35.5. The molecule has 0 aliphatic heterocycles. The van der Waals surface area contributed by atoms with E-state index in [1.54, 1.807) is 30.3 Å². The van der Waals surface area contributed by atoms with Crippen molar-refractivity contribution in [1.29, 1.82) is 0 Å². The average Bonchev–Trinajstić information content (AvgIpc) is 2.62. The van der Waals surface area contributed by atoms with Gasteiger partial charge in [0.05, 0.1) is 11.4 Å². The van der Waals surface area contributed by atoms with Crippen LogP contribution in [0.5, 0.6) is 0 Å². The number of amides is 1. The molecule has 0 atom stereocenters. The first kappa shape index (κ1) is 21.4. The van der Waals surface area contributed by atoms with E-state index in [-0.39, 0.29) is 24.5 Å². The van der Waals surface area contributed by atoms with Gasteiger partial charge in [-0.25, -0.2) is 8.42 Å². The van der Waals surface area contributed by atoms with Crippen molar-refractivity contribution < 1.29 is 13.2 Å². The fraction of sp³-hybridized carbons (Fsp3) is 0.211. The third-order valence-corrected chi connectivity index (χ3v) is 6.33. The lowest BCUT2D eigenvalue weighted by Gasteiger charge is -2.23. The molecule has 2 rings (SSSR count). The van der Waals surface area contributed by atoms with Crippen LogP contribution in [0.15, 0.2) is 60.0 Å². The molecule has 0 saturated heterocycles. The summed E-state index contributed by atoms with van der Waals surface area (Å²) in [6.07, 6.45) is 1.52. The maximum absolute atomic E-state index is 13.1. The number of nitrogens with zero attached hydrogens (tertiary/aromatic N) is 1. The Morgan fingerprint density at radius 2 is 1.74 bits per heavy atom. The summed E-state index contributed by atoms with van der Waals surface area (Å²) < 4.78 is 27.3. The number of halogens is 2. The van der Waals surface area contributed by atoms with Gasteiger partial charge in [-0.15, -0.1) is 6.58 Å². The Hall–Kier alpha value is -1.86. The Kier molecular flexibility index (Phi) is 7.44. The molecule has 8 heteroatoms. The summed E-state index contributed by atoms with van der Waals surface area (Å²) in [5.41, 5.74) is 1.37. The van der Waals surface area contributed by atoms with Crippen molar-refractivity contribution in [3.63, 3.8) is 0 Å². The summed E-state index contributed by atoms with van der Waals surface area (Å²) >= 11 is 12.4. The maximum atomic E-state index is 13.1. The molecule has 2 aromatic carbocycles. The molecule has 0 saturated carbocycles. The smallest absolute Gasteiger partial charge is 0.243 e. The average molecular weight is 427 g/mol. The first-order valence-corrected chi connectivity index (χ1v) is 10.3. The minimum Gasteiger partial charge on any atom is -0.351 e. The minimum absolute atomic E-state index is 0.0906. The Bertz CT molecular complexity index is 908. The number of benzene rings is 2. The van der Waals surface area contributed by atoms with Crippen molar-refractivity contribution in [2.75, 3.05) is 13.1 Å². The molecule has 0 aliphatic rings. The highest BCUT2D eigenvalue weighted by Crippen LogP contribution is 2.28. The third-order valence-electron chi connectivity index (χ3n) is 3.82. The zero-order valence-corrected chi connectivity index (χ0v) is 17.1. The van der Waals surface area contributed by atoms with Crippen LogP contribution in [-0.2, 0) is 21.4 Å². The van der Waals surface area contributed by atoms with E-state index in [0.717, 1.165) is 9.87 Å². The first-order valence-electron chi connectivity index (χ1n) is 8.13. The van der Waals surface area contributed by atoms with Crippen LogP contribution < -0.4 is 5.32 Å². The van der Waals surface area contributed by atoms with E-state index in [9.17, 15) is 13.2 Å². The maximum Gasteiger partial charge on any atom is 0.243 e. The predicted octanol–water partition coefficient (Wildman–Crippen LogP) is 3.79. The Morgan fingerprint density at radius 1 is 1.15 bits per heavy atom. The van der Waals surface area contributed by atoms with E-state index >= 15 is 0 Å². The van der Waals surface area contributed by atoms with Gasteiger partial charge in [0.1, 0.15) is 0 Å². The third kappa shape index (κ3) is 5.56. The number of carbonyl (C=O) groups is 1. The highest BCUT2D eigenvalue weighted by Gasteiger charge is 2.28. The van der Waals surface area contributed by atoms with Gasteiger partial charge in [-0.3, -0.25) is 4.79 Å². The van der Waals surface area contributed by atoms with Gasteiger partial charge in [0.2, 0.25) is 15.9 Å². The summed E-state index contributed by atoms with van der Waals surface area (Å²) in [4.78, 5) is 12.3. The van der Waals surface area contributed by atoms with Crippen LogP contribution in [0.1, 0.15) is 11.1 Å². The van der Waals surface area contributed by atoms with Gasteiger partial charge in [0, 0.05) is 28.7 Å². The number of carbonyl (C=O) groups excluding carboxylic acids is 1. The fourth-order valence-corrected chi connectivity index (χ4v) is 4.23. The fourth-order valence-electron chi connectivity index (χ4n) is 2.35. The van der Waals surface area contributed by atoms with Crippen molar-refractivity contribution in [2.45, 2.75) is 18.4 Å². The standard InChI is InChI=1S/C19H20Cl2N2O3S/c1-3-11-22-19(24)13-23(12-16-17(20)5-4-6-18(16)21)27(25,26)15-9-7-14(2)8-10-15/h3-10H,1,11-13H2,2H3,(H,22,24). The lowest BCUT2D eigenvalue weighted by Crippen LogP contribution is -2.40. The van der Waals surface area contributed by atoms with E-state index in [4.69, 9.17) is 23.2 Å². The summed E-state index contributed by atoms with van der Waals surface area (Å²) in [5.74, 6) is -0.450. The van der Waals surface area contributed by atoms with E-state index in [1.807, 2.05) is 6.92 Å². The van der Waals surface area contributed by atoms with Gasteiger partial charge in [0.15, 0.2) is 0 Å². The minimum atomic E-state index is -3.94. The van der Waals surface area contributed by atoms with Gasteiger partial charge >= 0.3 is 0 Å². The van der Waals surface area contributed by atoms with Crippen molar-refractivity contribution in [2.24, 2.45) is 0 Å². The van der Waals surface area contributed by atoms with E-state index in [0.29, 0.717) is 15.6 Å². The van der Waals surface area contributed by atoms with Crippen LogP contribution in [-0.4, -0.2) is 31.7 Å². The lowest BCUT2D eigenvalue weighted by molar-refractivity contribution is -0.121. The zero-order valence-electron chi connectivity index (χ0n) is 14.8. The van der Waals surface area contributed by atoms with Crippen molar-refractivity contribution in [3.8, 4) is 0 Å². The number of sulfonamides is 1. The molecule has 27 heavy (non-hydrogen) atoms. The largest absolute Gasteiger partial charge is 0.351 e. The molecular weight excluding hydrogens is 407 g/mol. The SMILES string of the molecule is C=CCNC(=O)CN(Cc1c(Cl)cccc1Cl)S(=O)(=O)c1ccc(C)cc1. The molecule has 0 unspecified atom stereocenters. The van der Waals surface area contributed by atoms with Crippen LogP contribution in [0.2, 0.25) is 10.0 Å². The number of hydrogen-bond donors (Lipinski definition) is 1. The quantitative estimate of drug-likeness (QED) is 0.652. The van der Waals surface area contributed by atoms with E-state index < -0.39 is 15.9 Å². The molecule has 0 aliphatic carbocycles. The normalized spacial score (nSPS) is 11.4. The molecule has 0 spiro atoms. The summed E-state index contributed by atoms with van der Waals surface area (Å²) in [6.45, 7) is 5.13. The zero-order chi connectivity index (χ0) is 20.0. The van der Waals surface area contributed by atoms with Gasteiger partial charge < -0.3 is 5.32 Å². The van der Waals surface area contributed by atoms with E-state index in [1.165, 1.54) is 18.2 Å². The van der Waals surface area contributed by atoms with Crippen molar-refractivity contribution in [1.82, 2.24) is 9.62 Å². The second-order valence-electron chi connectivity index (χ2n) is 5.88. The second-order valence-corrected chi connectivity index (χ2v) is 8.63. The van der Waals surface area contributed by atoms with Gasteiger partial charge in [0.25, 0.3) is 0 Å². The van der Waals surface area contributed by atoms with Gasteiger partial charge in [-0.1, -0.05) is 53.0 Å². The summed E-state index contributed by atoms with van der Waals surface area (Å²) in [7, 11) is -3.94. The molecular formula is C19H20Cl2N2O3S. The predicted molar refractivity (Wildman–Crippen MR) is 108 cm³/mol. The number of nitrogens with one attached hydrogen (secondary N) is 1. The Labute approximate surface area is 169 Å². The van der Waals surface area contributed by atoms with Crippen LogP contribution in [0.3, 0.4) is 0 Å². The van der Waals surface area contributed by atoms with Crippen LogP contribution in [0.4, 0.5) is 0 Å². The lowest BCUT2D eigenvalue weighted by atomic mass is 10.2. The molecule has 0 bridgehead atoms. The number of rotatable bonds is 8.